The summed E-state index contributed by atoms with van der Waals surface area (Å²) in [5, 5.41) is 19.2. The maximum Gasteiger partial charge on any atom is 0.407 e. The van der Waals surface area contributed by atoms with Gasteiger partial charge >= 0.3 is 6.09 Å². The fraction of sp³-hybridized carbons (Fsp3) is 0.407. The van der Waals surface area contributed by atoms with Gasteiger partial charge in [-0.2, -0.15) is 0 Å². The molecule has 3 rings (SSSR count). The number of ether oxygens (including phenoxy) is 1. The van der Waals surface area contributed by atoms with Crippen LogP contribution in [0, 0.1) is 6.92 Å². The van der Waals surface area contributed by atoms with Gasteiger partial charge in [0.25, 0.3) is 16.8 Å². The SMILES string of the molecule is CC[C@@H](Nc1c(Nc2cccc(C(=O)N(C)CCNC(=O)OC(C)(C)C)c2O)c(=O)c1=O)c1ccc(C)o1. The van der Waals surface area contributed by atoms with Crippen LogP contribution < -0.4 is 26.8 Å². The highest BCUT2D eigenvalue weighted by Crippen LogP contribution is 2.33. The fourth-order valence-corrected chi connectivity index (χ4v) is 3.74. The van der Waals surface area contributed by atoms with Gasteiger partial charge in [-0.3, -0.25) is 14.4 Å². The number of phenols is 1. The number of nitrogens with zero attached hydrogens (tertiary/aromatic N) is 1. The van der Waals surface area contributed by atoms with E-state index in [4.69, 9.17) is 9.15 Å². The molecule has 0 unspecified atom stereocenters. The van der Waals surface area contributed by atoms with Crippen molar-refractivity contribution in [3.63, 3.8) is 0 Å². The van der Waals surface area contributed by atoms with Gasteiger partial charge in [0, 0.05) is 20.1 Å². The summed E-state index contributed by atoms with van der Waals surface area (Å²) < 4.78 is 10.8. The van der Waals surface area contributed by atoms with Crippen molar-refractivity contribution in [2.24, 2.45) is 0 Å². The number of amides is 2. The maximum atomic E-state index is 13.0. The Labute approximate surface area is 220 Å². The van der Waals surface area contributed by atoms with Gasteiger partial charge in [0.2, 0.25) is 0 Å². The van der Waals surface area contributed by atoms with Crippen molar-refractivity contribution in [1.82, 2.24) is 10.2 Å². The molecule has 204 valence electrons. The summed E-state index contributed by atoms with van der Waals surface area (Å²) >= 11 is 0. The quantitative estimate of drug-likeness (QED) is 0.228. The summed E-state index contributed by atoms with van der Waals surface area (Å²) in [6.45, 7) is 9.26. The molecular formula is C27H34N4O7. The second kappa shape index (κ2) is 11.4. The van der Waals surface area contributed by atoms with Crippen molar-refractivity contribution in [2.75, 3.05) is 30.8 Å². The number of carbonyl (C=O) groups is 2. The molecule has 2 amide bonds. The Kier molecular flexibility index (Phi) is 8.49. The molecule has 38 heavy (non-hydrogen) atoms. The van der Waals surface area contributed by atoms with Crippen molar-refractivity contribution >= 4 is 29.1 Å². The minimum atomic E-state index is -0.737. The van der Waals surface area contributed by atoms with Gasteiger partial charge in [0.05, 0.1) is 17.3 Å². The average molecular weight is 527 g/mol. The molecule has 1 aromatic heterocycles. The normalized spacial score (nSPS) is 12.2. The highest BCUT2D eigenvalue weighted by Gasteiger charge is 2.26. The van der Waals surface area contributed by atoms with Crippen LogP contribution in [0.15, 0.2) is 44.3 Å². The first-order valence-corrected chi connectivity index (χ1v) is 12.3. The standard InChI is InChI=1S/C27H34N4O7/c1-7-17(19-12-11-15(2)37-19)29-20-21(24(34)23(20)33)30-18-10-8-9-16(22(18)32)25(35)31(6)14-13-28-26(36)38-27(3,4)5/h8-12,17,29-30,32H,7,13-14H2,1-6H3,(H,28,36)/t17-/m1/s1. The summed E-state index contributed by atoms with van der Waals surface area (Å²) in [6, 6.07) is 7.75. The monoisotopic (exact) mass is 526 g/mol. The number of carbonyl (C=O) groups excluding carboxylic acids is 2. The molecule has 1 heterocycles. The van der Waals surface area contributed by atoms with Gasteiger partial charge in [0.15, 0.2) is 5.75 Å². The summed E-state index contributed by atoms with van der Waals surface area (Å²) in [6.07, 6.45) is -0.00692. The number of rotatable bonds is 10. The number of phenolic OH excluding ortho intramolecular Hbond substituents is 1. The summed E-state index contributed by atoms with van der Waals surface area (Å²) in [4.78, 5) is 50.8. The van der Waals surface area contributed by atoms with Crippen LogP contribution in [-0.2, 0) is 4.74 Å². The van der Waals surface area contributed by atoms with Gasteiger partial charge in [-0.15, -0.1) is 0 Å². The smallest absolute Gasteiger partial charge is 0.407 e. The van der Waals surface area contributed by atoms with E-state index in [1.165, 1.54) is 24.1 Å². The molecule has 0 saturated carbocycles. The zero-order valence-electron chi connectivity index (χ0n) is 22.4. The van der Waals surface area contributed by atoms with Gasteiger partial charge in [-0.1, -0.05) is 13.0 Å². The molecule has 11 heteroatoms. The van der Waals surface area contributed by atoms with Crippen molar-refractivity contribution in [1.29, 1.82) is 0 Å². The second-order valence-electron chi connectivity index (χ2n) is 9.94. The van der Waals surface area contributed by atoms with Gasteiger partial charge < -0.3 is 35.1 Å². The summed E-state index contributed by atoms with van der Waals surface area (Å²) in [5.41, 5.74) is -1.91. The number of nitrogens with one attached hydrogen (secondary N) is 3. The number of para-hydroxylation sites is 1. The van der Waals surface area contributed by atoms with Crippen LogP contribution in [0.25, 0.3) is 0 Å². The third-order valence-electron chi connectivity index (χ3n) is 5.73. The maximum absolute atomic E-state index is 13.0. The van der Waals surface area contributed by atoms with Crippen LogP contribution in [0.1, 0.15) is 62.0 Å². The lowest BCUT2D eigenvalue weighted by molar-refractivity contribution is 0.0517. The highest BCUT2D eigenvalue weighted by molar-refractivity contribution is 5.99. The topological polar surface area (TPSA) is 150 Å². The fourth-order valence-electron chi connectivity index (χ4n) is 3.74. The Morgan fingerprint density at radius 1 is 1.11 bits per heavy atom. The third kappa shape index (κ3) is 6.53. The molecule has 0 aliphatic carbocycles. The number of hydrogen-bond acceptors (Lipinski definition) is 9. The van der Waals surface area contributed by atoms with Crippen molar-refractivity contribution in [2.45, 2.75) is 52.7 Å². The Bertz CT molecular complexity index is 1380. The minimum absolute atomic E-state index is 0.00783. The first-order chi connectivity index (χ1) is 17.8. The van der Waals surface area contributed by atoms with E-state index in [1.807, 2.05) is 19.9 Å². The van der Waals surface area contributed by atoms with Gasteiger partial charge in [-0.05, 0) is 58.4 Å². The number of alkyl carbamates (subject to hydrolysis) is 1. The molecule has 2 aromatic carbocycles. The first kappa shape index (κ1) is 28.3. The molecular weight excluding hydrogens is 492 g/mol. The van der Waals surface area contributed by atoms with Crippen molar-refractivity contribution in [3.05, 3.63) is 67.9 Å². The summed E-state index contributed by atoms with van der Waals surface area (Å²) in [5.74, 6) is 0.473. The van der Waals surface area contributed by atoms with Crippen LogP contribution in [0.4, 0.5) is 21.9 Å². The van der Waals surface area contributed by atoms with Crippen molar-refractivity contribution < 1.29 is 23.8 Å². The lowest BCUT2D eigenvalue weighted by atomic mass is 10.1. The van der Waals surface area contributed by atoms with Gasteiger partial charge in [-0.25, -0.2) is 4.79 Å². The van der Waals surface area contributed by atoms with Crippen LogP contribution in [0.5, 0.6) is 5.75 Å². The number of furan rings is 1. The largest absolute Gasteiger partial charge is 0.505 e. The number of likely N-dealkylation sites (N-methyl/N-ethyl adjacent to an activating group) is 1. The molecule has 0 radical (unpaired) electrons. The molecule has 4 N–H and O–H groups in total. The Hall–Kier alpha value is -4.28. The lowest BCUT2D eigenvalue weighted by Gasteiger charge is -2.22. The van der Waals surface area contributed by atoms with Crippen LogP contribution in [0.2, 0.25) is 0 Å². The molecule has 1 atom stereocenters. The molecule has 0 spiro atoms. The van der Waals surface area contributed by atoms with Crippen LogP contribution in [-0.4, -0.2) is 47.7 Å². The number of anilines is 3. The van der Waals surface area contributed by atoms with E-state index >= 15 is 0 Å². The zero-order chi connectivity index (χ0) is 28.2. The van der Waals surface area contributed by atoms with E-state index < -0.39 is 28.5 Å². The molecule has 11 nitrogen and oxygen atoms in total. The van der Waals surface area contributed by atoms with E-state index in [9.17, 15) is 24.3 Å². The van der Waals surface area contributed by atoms with E-state index in [1.54, 1.807) is 32.9 Å². The lowest BCUT2D eigenvalue weighted by Crippen LogP contribution is -2.38. The molecule has 0 aliphatic rings. The zero-order valence-corrected chi connectivity index (χ0v) is 22.4. The van der Waals surface area contributed by atoms with Gasteiger partial charge in [0.1, 0.15) is 28.5 Å². The Morgan fingerprint density at radius 2 is 1.79 bits per heavy atom. The predicted molar refractivity (Wildman–Crippen MR) is 144 cm³/mol. The number of aryl methyl sites for hydroxylation is 1. The average Bonchev–Trinajstić information content (AvgIpc) is 3.28. The van der Waals surface area contributed by atoms with E-state index in [2.05, 4.69) is 16.0 Å². The van der Waals surface area contributed by atoms with Crippen LogP contribution in [0.3, 0.4) is 0 Å². The van der Waals surface area contributed by atoms with Crippen molar-refractivity contribution in [3.8, 4) is 5.75 Å². The van der Waals surface area contributed by atoms with E-state index in [-0.39, 0.29) is 47.5 Å². The number of hydrogen-bond donors (Lipinski definition) is 4. The number of aromatic hydroxyl groups is 1. The predicted octanol–water partition coefficient (Wildman–Crippen LogP) is 3.79. The van der Waals surface area contributed by atoms with E-state index in [0.29, 0.717) is 12.2 Å². The molecule has 0 aliphatic heterocycles. The Morgan fingerprint density at radius 3 is 2.39 bits per heavy atom. The van der Waals surface area contributed by atoms with Crippen LogP contribution >= 0.6 is 0 Å². The molecule has 0 saturated heterocycles. The second-order valence-corrected chi connectivity index (χ2v) is 9.94. The molecule has 3 aromatic rings. The van der Waals surface area contributed by atoms with E-state index in [0.717, 1.165) is 5.76 Å². The first-order valence-electron chi connectivity index (χ1n) is 12.3. The summed E-state index contributed by atoms with van der Waals surface area (Å²) in [7, 11) is 1.53. The molecule has 0 fully saturated rings. The Balaban J connectivity index is 1.71. The third-order valence-corrected chi connectivity index (χ3v) is 5.73. The highest BCUT2D eigenvalue weighted by atomic mass is 16.6. The molecule has 0 bridgehead atoms. The minimum Gasteiger partial charge on any atom is -0.505 e. The number of benzene rings is 1.